The topological polar surface area (TPSA) is 51.0 Å². The number of rotatable bonds is 3. The van der Waals surface area contributed by atoms with Crippen molar-refractivity contribution in [2.75, 3.05) is 5.32 Å². The Morgan fingerprint density at radius 3 is 3.07 bits per heavy atom. The first kappa shape index (κ1) is 9.02. The maximum atomic E-state index is 5.90. The number of hydrogen-bond donors (Lipinski definition) is 1. The van der Waals surface area contributed by atoms with Gasteiger partial charge < -0.3 is 9.73 Å². The van der Waals surface area contributed by atoms with Crippen molar-refractivity contribution in [1.82, 2.24) is 9.97 Å². The predicted molar refractivity (Wildman–Crippen MR) is 53.1 cm³/mol. The Labute approximate surface area is 85.9 Å². The van der Waals surface area contributed by atoms with Crippen molar-refractivity contribution < 1.29 is 4.42 Å². The fraction of sp³-hybridized carbons (Fsp3) is 0.111. The Kier molecular flexibility index (Phi) is 2.65. The van der Waals surface area contributed by atoms with Crippen LogP contribution >= 0.6 is 11.6 Å². The molecule has 5 heteroatoms. The lowest BCUT2D eigenvalue weighted by molar-refractivity contribution is 0.556. The molecule has 72 valence electrons. The average Bonchev–Trinajstić information content (AvgIpc) is 2.69. The number of anilines is 1. The molecule has 0 radical (unpaired) electrons. The lowest BCUT2D eigenvalue weighted by Gasteiger charge is -2.03. The fourth-order valence-electron chi connectivity index (χ4n) is 1.01. The Bertz CT molecular complexity index is 402. The number of oxazole rings is 1. The molecule has 0 aromatic carbocycles. The number of nitrogens with one attached hydrogen (secondary N) is 1. The van der Waals surface area contributed by atoms with Crippen LogP contribution in [0.5, 0.6) is 0 Å². The molecule has 2 aromatic heterocycles. The minimum absolute atomic E-state index is 0.549. The Balaban J connectivity index is 2.02. The van der Waals surface area contributed by atoms with Crippen LogP contribution in [0.3, 0.4) is 0 Å². The molecular formula is C9H8ClN3O. The SMILES string of the molecule is Clc1cccnc1NCc1cocn1. The van der Waals surface area contributed by atoms with Crippen LogP contribution in [0.15, 0.2) is 35.4 Å². The second kappa shape index (κ2) is 4.11. The molecule has 0 fully saturated rings. The van der Waals surface area contributed by atoms with Gasteiger partial charge in [-0.05, 0) is 12.1 Å². The molecule has 2 heterocycles. The van der Waals surface area contributed by atoms with Gasteiger partial charge in [-0.1, -0.05) is 11.6 Å². The summed E-state index contributed by atoms with van der Waals surface area (Å²) in [6, 6.07) is 3.56. The molecule has 0 saturated heterocycles. The van der Waals surface area contributed by atoms with Crippen LogP contribution in [0.1, 0.15) is 5.69 Å². The van der Waals surface area contributed by atoms with Gasteiger partial charge in [-0.2, -0.15) is 0 Å². The summed E-state index contributed by atoms with van der Waals surface area (Å²) in [6.07, 6.45) is 4.64. The molecule has 0 saturated carbocycles. The van der Waals surface area contributed by atoms with Crippen LogP contribution in [0.25, 0.3) is 0 Å². The van der Waals surface area contributed by atoms with E-state index in [2.05, 4.69) is 15.3 Å². The molecule has 0 spiro atoms. The fourth-order valence-corrected chi connectivity index (χ4v) is 1.20. The number of nitrogens with zero attached hydrogens (tertiary/aromatic N) is 2. The standard InChI is InChI=1S/C9H8ClN3O/c10-8-2-1-3-11-9(8)12-4-7-5-14-6-13-7/h1-3,5-6H,4H2,(H,11,12). The van der Waals surface area contributed by atoms with Gasteiger partial charge in [0.1, 0.15) is 12.1 Å². The van der Waals surface area contributed by atoms with Crippen LogP contribution in [0.4, 0.5) is 5.82 Å². The van der Waals surface area contributed by atoms with Crippen molar-refractivity contribution in [3.05, 3.63) is 41.7 Å². The molecule has 14 heavy (non-hydrogen) atoms. The van der Waals surface area contributed by atoms with Crippen LogP contribution in [-0.4, -0.2) is 9.97 Å². The summed E-state index contributed by atoms with van der Waals surface area (Å²) < 4.78 is 4.83. The Morgan fingerprint density at radius 1 is 1.43 bits per heavy atom. The number of aromatic nitrogens is 2. The van der Waals surface area contributed by atoms with E-state index in [1.807, 2.05) is 0 Å². The maximum Gasteiger partial charge on any atom is 0.180 e. The van der Waals surface area contributed by atoms with Crippen LogP contribution < -0.4 is 5.32 Å². The summed E-state index contributed by atoms with van der Waals surface area (Å²) in [4.78, 5) is 8.04. The molecule has 0 atom stereocenters. The highest BCUT2D eigenvalue weighted by Gasteiger charge is 2.00. The van der Waals surface area contributed by atoms with Gasteiger partial charge in [-0.15, -0.1) is 0 Å². The number of pyridine rings is 1. The van der Waals surface area contributed by atoms with Crippen molar-refractivity contribution in [3.63, 3.8) is 0 Å². The van der Waals surface area contributed by atoms with E-state index in [1.54, 1.807) is 24.6 Å². The van der Waals surface area contributed by atoms with Crippen molar-refractivity contribution in [2.45, 2.75) is 6.54 Å². The van der Waals surface area contributed by atoms with E-state index < -0.39 is 0 Å². The van der Waals surface area contributed by atoms with Gasteiger partial charge in [0.05, 0.1) is 17.3 Å². The summed E-state index contributed by atoms with van der Waals surface area (Å²) in [6.45, 7) is 0.549. The van der Waals surface area contributed by atoms with E-state index in [1.165, 1.54) is 6.39 Å². The van der Waals surface area contributed by atoms with E-state index in [9.17, 15) is 0 Å². The van der Waals surface area contributed by atoms with Gasteiger partial charge in [0, 0.05) is 6.20 Å². The summed E-state index contributed by atoms with van der Waals surface area (Å²) in [7, 11) is 0. The van der Waals surface area contributed by atoms with Crippen molar-refractivity contribution in [1.29, 1.82) is 0 Å². The van der Waals surface area contributed by atoms with Gasteiger partial charge in [0.25, 0.3) is 0 Å². The highest BCUT2D eigenvalue weighted by Crippen LogP contribution is 2.17. The quantitative estimate of drug-likeness (QED) is 0.843. The average molecular weight is 210 g/mol. The summed E-state index contributed by atoms with van der Waals surface area (Å²) in [5, 5.41) is 3.64. The van der Waals surface area contributed by atoms with E-state index in [0.29, 0.717) is 17.4 Å². The monoisotopic (exact) mass is 209 g/mol. The highest BCUT2D eigenvalue weighted by atomic mass is 35.5. The van der Waals surface area contributed by atoms with E-state index in [4.69, 9.17) is 16.0 Å². The maximum absolute atomic E-state index is 5.90. The third-order valence-corrected chi connectivity index (χ3v) is 1.98. The lowest BCUT2D eigenvalue weighted by Crippen LogP contribution is -2.01. The predicted octanol–water partition coefficient (Wildman–Crippen LogP) is 2.34. The molecule has 0 aliphatic rings. The molecule has 1 N–H and O–H groups in total. The Morgan fingerprint density at radius 2 is 2.36 bits per heavy atom. The second-order valence-corrected chi connectivity index (χ2v) is 3.07. The van der Waals surface area contributed by atoms with Crippen molar-refractivity contribution in [2.24, 2.45) is 0 Å². The zero-order valence-corrected chi connectivity index (χ0v) is 8.03. The normalized spacial score (nSPS) is 10.1. The summed E-state index contributed by atoms with van der Waals surface area (Å²) in [5.41, 5.74) is 0.812. The molecule has 2 rings (SSSR count). The zero-order valence-electron chi connectivity index (χ0n) is 7.27. The first-order valence-corrected chi connectivity index (χ1v) is 4.45. The molecule has 0 unspecified atom stereocenters. The molecule has 4 nitrogen and oxygen atoms in total. The molecule has 0 aliphatic heterocycles. The van der Waals surface area contributed by atoms with Crippen LogP contribution in [-0.2, 0) is 6.54 Å². The number of hydrogen-bond acceptors (Lipinski definition) is 4. The van der Waals surface area contributed by atoms with Gasteiger partial charge in [0.15, 0.2) is 6.39 Å². The summed E-state index contributed by atoms with van der Waals surface area (Å²) in [5.74, 6) is 0.650. The molecule has 0 amide bonds. The largest absolute Gasteiger partial charge is 0.451 e. The van der Waals surface area contributed by atoms with Gasteiger partial charge >= 0.3 is 0 Å². The number of halogens is 1. The third-order valence-electron chi connectivity index (χ3n) is 1.68. The van der Waals surface area contributed by atoms with Crippen molar-refractivity contribution >= 4 is 17.4 Å². The highest BCUT2D eigenvalue weighted by molar-refractivity contribution is 6.32. The van der Waals surface area contributed by atoms with Crippen LogP contribution in [0.2, 0.25) is 5.02 Å². The minimum atomic E-state index is 0.549. The molecule has 2 aromatic rings. The minimum Gasteiger partial charge on any atom is -0.451 e. The van der Waals surface area contributed by atoms with E-state index in [-0.39, 0.29) is 0 Å². The van der Waals surface area contributed by atoms with Crippen LogP contribution in [0, 0.1) is 0 Å². The van der Waals surface area contributed by atoms with Gasteiger partial charge in [-0.25, -0.2) is 9.97 Å². The first-order chi connectivity index (χ1) is 6.86. The third kappa shape index (κ3) is 2.03. The van der Waals surface area contributed by atoms with Gasteiger partial charge in [-0.3, -0.25) is 0 Å². The molecule has 0 bridgehead atoms. The zero-order chi connectivity index (χ0) is 9.80. The van der Waals surface area contributed by atoms with E-state index in [0.717, 1.165) is 5.69 Å². The summed E-state index contributed by atoms with van der Waals surface area (Å²) >= 11 is 5.90. The lowest BCUT2D eigenvalue weighted by atomic mass is 10.4. The molecule has 0 aliphatic carbocycles. The second-order valence-electron chi connectivity index (χ2n) is 2.67. The smallest absolute Gasteiger partial charge is 0.180 e. The molecular weight excluding hydrogens is 202 g/mol. The Hall–Kier alpha value is -1.55. The van der Waals surface area contributed by atoms with Crippen molar-refractivity contribution in [3.8, 4) is 0 Å². The first-order valence-electron chi connectivity index (χ1n) is 4.08. The van der Waals surface area contributed by atoms with E-state index >= 15 is 0 Å². The van der Waals surface area contributed by atoms with Gasteiger partial charge in [0.2, 0.25) is 0 Å².